The highest BCUT2D eigenvalue weighted by molar-refractivity contribution is 7.99. The smallest absolute Gasteiger partial charge is 0.128 e. The summed E-state index contributed by atoms with van der Waals surface area (Å²) in [6.07, 6.45) is 4.12. The van der Waals surface area contributed by atoms with Crippen LogP contribution in [0.2, 0.25) is 0 Å². The summed E-state index contributed by atoms with van der Waals surface area (Å²) in [6.45, 7) is 2.66. The van der Waals surface area contributed by atoms with E-state index in [1.165, 1.54) is 11.5 Å². The van der Waals surface area contributed by atoms with E-state index >= 15 is 0 Å². The average molecular weight is 309 g/mol. The van der Waals surface area contributed by atoms with Crippen LogP contribution in [-0.2, 0) is 4.74 Å². The predicted molar refractivity (Wildman–Crippen MR) is 86.0 cm³/mol. The zero-order valence-electron chi connectivity index (χ0n) is 12.6. The van der Waals surface area contributed by atoms with E-state index in [4.69, 9.17) is 10.5 Å². The summed E-state index contributed by atoms with van der Waals surface area (Å²) in [7, 11) is 0. The Labute approximate surface area is 130 Å². The summed E-state index contributed by atoms with van der Waals surface area (Å²) < 4.78 is 20.3. The summed E-state index contributed by atoms with van der Waals surface area (Å²) in [4.78, 5) is 0. The number of hydrogen-bond donors (Lipinski definition) is 1. The van der Waals surface area contributed by atoms with Crippen LogP contribution in [0.4, 0.5) is 4.39 Å². The molecular formula is C17H24FNOS. The summed E-state index contributed by atoms with van der Waals surface area (Å²) >= 11 is 2.00. The molecule has 2 N–H and O–H groups in total. The first kappa shape index (κ1) is 15.3. The van der Waals surface area contributed by atoms with E-state index in [0.29, 0.717) is 11.5 Å². The lowest BCUT2D eigenvalue weighted by atomic mass is 9.77. The van der Waals surface area contributed by atoms with Gasteiger partial charge in [0, 0.05) is 18.2 Å². The molecule has 2 fully saturated rings. The van der Waals surface area contributed by atoms with Crippen LogP contribution in [0.3, 0.4) is 0 Å². The van der Waals surface area contributed by atoms with Crippen LogP contribution in [0.25, 0.3) is 0 Å². The molecule has 1 aromatic carbocycles. The van der Waals surface area contributed by atoms with Gasteiger partial charge in [0.2, 0.25) is 0 Å². The van der Waals surface area contributed by atoms with Gasteiger partial charge in [-0.25, -0.2) is 4.39 Å². The van der Waals surface area contributed by atoms with Crippen molar-refractivity contribution in [3.8, 4) is 0 Å². The van der Waals surface area contributed by atoms with Crippen molar-refractivity contribution in [3.63, 3.8) is 0 Å². The Morgan fingerprint density at radius 1 is 1.38 bits per heavy atom. The fraction of sp³-hybridized carbons (Fsp3) is 0.647. The molecule has 116 valence electrons. The second kappa shape index (κ2) is 6.27. The van der Waals surface area contributed by atoms with Crippen molar-refractivity contribution in [2.45, 2.75) is 44.2 Å². The fourth-order valence-electron chi connectivity index (χ4n) is 3.62. The van der Waals surface area contributed by atoms with Crippen LogP contribution in [0, 0.1) is 18.7 Å². The number of aryl methyl sites for hydroxylation is 1. The van der Waals surface area contributed by atoms with Crippen molar-refractivity contribution >= 4 is 11.8 Å². The lowest BCUT2D eigenvalue weighted by Gasteiger charge is -2.44. The van der Waals surface area contributed by atoms with Gasteiger partial charge in [-0.2, -0.15) is 11.8 Å². The maximum absolute atomic E-state index is 14.2. The van der Waals surface area contributed by atoms with Gasteiger partial charge in [-0.05, 0) is 61.7 Å². The first-order valence-electron chi connectivity index (χ1n) is 7.83. The molecule has 2 nitrogen and oxygen atoms in total. The van der Waals surface area contributed by atoms with Gasteiger partial charge < -0.3 is 10.5 Å². The quantitative estimate of drug-likeness (QED) is 0.902. The normalized spacial score (nSPS) is 26.7. The standard InChI is InChI=1S/C17H24FNOS/c1-12-2-3-14(15(18)10-12)16(19)13-4-7-20-17(11-13)5-8-21-9-6-17/h2-3,10,13,16H,4-9,11,19H2,1H3. The maximum atomic E-state index is 14.2. The lowest BCUT2D eigenvalue weighted by Crippen LogP contribution is -2.45. The number of benzene rings is 1. The number of nitrogens with two attached hydrogens (primary N) is 1. The van der Waals surface area contributed by atoms with Crippen LogP contribution in [-0.4, -0.2) is 23.7 Å². The molecule has 2 heterocycles. The lowest BCUT2D eigenvalue weighted by molar-refractivity contribution is -0.106. The fourth-order valence-corrected chi connectivity index (χ4v) is 4.86. The van der Waals surface area contributed by atoms with Gasteiger partial charge in [0.05, 0.1) is 5.60 Å². The van der Waals surface area contributed by atoms with Crippen LogP contribution in [0.1, 0.15) is 42.9 Å². The minimum atomic E-state index is -0.221. The van der Waals surface area contributed by atoms with Crippen LogP contribution >= 0.6 is 11.8 Å². The number of ether oxygens (including phenoxy) is 1. The Balaban J connectivity index is 1.76. The summed E-state index contributed by atoms with van der Waals surface area (Å²) in [6, 6.07) is 5.17. The molecule has 1 aromatic rings. The van der Waals surface area contributed by atoms with Gasteiger partial charge >= 0.3 is 0 Å². The van der Waals surface area contributed by atoms with E-state index in [9.17, 15) is 4.39 Å². The Morgan fingerprint density at radius 2 is 2.14 bits per heavy atom. The summed E-state index contributed by atoms with van der Waals surface area (Å²) in [5.74, 6) is 2.49. The van der Waals surface area contributed by atoms with Gasteiger partial charge in [-0.15, -0.1) is 0 Å². The minimum Gasteiger partial charge on any atom is -0.375 e. The van der Waals surface area contributed by atoms with Gasteiger partial charge in [-0.1, -0.05) is 12.1 Å². The molecule has 3 rings (SSSR count). The minimum absolute atomic E-state index is 0.00690. The average Bonchev–Trinajstić information content (AvgIpc) is 2.47. The van der Waals surface area contributed by atoms with Crippen molar-refractivity contribution in [2.24, 2.45) is 11.7 Å². The molecule has 0 amide bonds. The molecule has 0 saturated carbocycles. The second-order valence-electron chi connectivity index (χ2n) is 6.45. The molecule has 1 spiro atoms. The number of thioether (sulfide) groups is 1. The van der Waals surface area contributed by atoms with Crippen LogP contribution in [0.15, 0.2) is 18.2 Å². The molecule has 0 bridgehead atoms. The second-order valence-corrected chi connectivity index (χ2v) is 7.67. The Bertz CT molecular complexity index is 496. The van der Waals surface area contributed by atoms with E-state index in [1.54, 1.807) is 6.07 Å². The van der Waals surface area contributed by atoms with Gasteiger partial charge in [0.1, 0.15) is 5.82 Å². The third-order valence-electron chi connectivity index (χ3n) is 4.96. The van der Waals surface area contributed by atoms with Gasteiger partial charge in [0.15, 0.2) is 0 Å². The Kier molecular flexibility index (Phi) is 4.57. The third kappa shape index (κ3) is 3.27. The highest BCUT2D eigenvalue weighted by Crippen LogP contribution is 2.43. The third-order valence-corrected chi connectivity index (χ3v) is 5.94. The highest BCUT2D eigenvalue weighted by atomic mass is 32.2. The van der Waals surface area contributed by atoms with Gasteiger partial charge in [-0.3, -0.25) is 0 Å². The molecule has 2 atom stereocenters. The molecule has 0 radical (unpaired) electrons. The van der Waals surface area contributed by atoms with Crippen molar-refractivity contribution in [3.05, 3.63) is 35.1 Å². The van der Waals surface area contributed by atoms with Crippen molar-refractivity contribution in [1.82, 2.24) is 0 Å². The summed E-state index contributed by atoms with van der Waals surface area (Å²) in [5.41, 5.74) is 8.02. The molecule has 21 heavy (non-hydrogen) atoms. The molecule has 0 aromatic heterocycles. The molecular weight excluding hydrogens is 285 g/mol. The molecule has 4 heteroatoms. The molecule has 0 aliphatic carbocycles. The van der Waals surface area contributed by atoms with Crippen molar-refractivity contribution < 1.29 is 9.13 Å². The molecule has 2 unspecified atom stereocenters. The highest BCUT2D eigenvalue weighted by Gasteiger charge is 2.40. The van der Waals surface area contributed by atoms with Crippen LogP contribution in [0.5, 0.6) is 0 Å². The Morgan fingerprint density at radius 3 is 2.86 bits per heavy atom. The number of hydrogen-bond acceptors (Lipinski definition) is 3. The zero-order valence-corrected chi connectivity index (χ0v) is 13.4. The zero-order chi connectivity index (χ0) is 14.9. The first-order valence-corrected chi connectivity index (χ1v) is 8.98. The largest absolute Gasteiger partial charge is 0.375 e. The van der Waals surface area contributed by atoms with E-state index < -0.39 is 0 Å². The van der Waals surface area contributed by atoms with Crippen molar-refractivity contribution in [2.75, 3.05) is 18.1 Å². The predicted octanol–water partition coefficient (Wildman–Crippen LogP) is 3.83. The van der Waals surface area contributed by atoms with Gasteiger partial charge in [0.25, 0.3) is 0 Å². The molecule has 2 saturated heterocycles. The number of rotatable bonds is 2. The van der Waals surface area contributed by atoms with E-state index in [0.717, 1.165) is 37.9 Å². The maximum Gasteiger partial charge on any atom is 0.128 e. The van der Waals surface area contributed by atoms with Crippen LogP contribution < -0.4 is 5.73 Å². The first-order chi connectivity index (χ1) is 10.1. The monoisotopic (exact) mass is 309 g/mol. The van der Waals surface area contributed by atoms with E-state index in [2.05, 4.69) is 0 Å². The molecule has 2 aliphatic heterocycles. The van der Waals surface area contributed by atoms with Crippen molar-refractivity contribution in [1.29, 1.82) is 0 Å². The SMILES string of the molecule is Cc1ccc(C(N)C2CCOC3(CCSCC3)C2)c(F)c1. The summed E-state index contributed by atoms with van der Waals surface area (Å²) in [5, 5.41) is 0. The molecule has 2 aliphatic rings. The van der Waals surface area contributed by atoms with E-state index in [1.807, 2.05) is 30.8 Å². The number of halogens is 1. The topological polar surface area (TPSA) is 35.2 Å². The van der Waals surface area contributed by atoms with E-state index in [-0.39, 0.29) is 17.5 Å². The Hall–Kier alpha value is -0.580.